The minimum Gasteiger partial charge on any atom is -0.356 e. The highest BCUT2D eigenvalue weighted by Gasteiger charge is 2.38. The highest BCUT2D eigenvalue weighted by atomic mass is 19.3. The molecule has 1 atom stereocenters. The van der Waals surface area contributed by atoms with Gasteiger partial charge in [0.15, 0.2) is 17.0 Å². The fourth-order valence-electron chi connectivity index (χ4n) is 3.65. The third-order valence-electron chi connectivity index (χ3n) is 5.48. The van der Waals surface area contributed by atoms with Crippen molar-refractivity contribution in [2.45, 2.75) is 46.2 Å². The summed E-state index contributed by atoms with van der Waals surface area (Å²) in [5, 5.41) is 3.15. The van der Waals surface area contributed by atoms with Gasteiger partial charge in [-0.15, -0.1) is 0 Å². The van der Waals surface area contributed by atoms with Gasteiger partial charge in [0.05, 0.1) is 11.5 Å². The molecule has 11 heteroatoms. The molecule has 0 aliphatic carbocycles. The molecule has 31 heavy (non-hydrogen) atoms. The normalized spacial score (nSPS) is 15.4. The van der Waals surface area contributed by atoms with Crippen molar-refractivity contribution in [3.8, 4) is 11.4 Å². The number of alkyl halides is 2. The number of nitrogens with zero attached hydrogens (tertiary/aromatic N) is 7. The van der Waals surface area contributed by atoms with Gasteiger partial charge in [0, 0.05) is 32.0 Å². The van der Waals surface area contributed by atoms with E-state index in [-0.39, 0.29) is 19.0 Å². The Morgan fingerprint density at radius 3 is 2.52 bits per heavy atom. The molecule has 1 N–H and O–H groups in total. The molecule has 0 radical (unpaired) electrons. The van der Waals surface area contributed by atoms with E-state index >= 15 is 0 Å². The highest BCUT2D eigenvalue weighted by Crippen LogP contribution is 2.28. The predicted octanol–water partition coefficient (Wildman–Crippen LogP) is 2.53. The first-order chi connectivity index (χ1) is 14.9. The van der Waals surface area contributed by atoms with Gasteiger partial charge in [0.1, 0.15) is 24.0 Å². The molecule has 0 bridgehead atoms. The van der Waals surface area contributed by atoms with Crippen molar-refractivity contribution in [1.82, 2.24) is 34.4 Å². The maximum atomic E-state index is 12.8. The average molecular weight is 430 g/mol. The van der Waals surface area contributed by atoms with E-state index in [1.165, 1.54) is 11.2 Å². The van der Waals surface area contributed by atoms with E-state index in [1.54, 1.807) is 12.4 Å². The lowest BCUT2D eigenvalue weighted by atomic mass is 9.99. The molecule has 1 amide bonds. The largest absolute Gasteiger partial charge is 0.356 e. The Balaban J connectivity index is 1.63. The fraction of sp³-hybridized carbons (Fsp3) is 0.500. The number of aryl methyl sites for hydroxylation is 2. The Morgan fingerprint density at radius 1 is 1.19 bits per heavy atom. The number of nitrogens with one attached hydrogen (secondary N) is 1. The van der Waals surface area contributed by atoms with Crippen molar-refractivity contribution in [2.24, 2.45) is 5.92 Å². The highest BCUT2D eigenvalue weighted by molar-refractivity contribution is 5.90. The smallest absolute Gasteiger partial charge is 0.245 e. The summed E-state index contributed by atoms with van der Waals surface area (Å²) in [6.45, 7) is 6.43. The molecule has 4 heterocycles. The minimum atomic E-state index is -2.40. The molecular formula is C20H24F2N8O. The van der Waals surface area contributed by atoms with E-state index in [4.69, 9.17) is 4.98 Å². The number of carbonyl (C=O) groups excluding carboxylic acids is 1. The molecule has 1 fully saturated rings. The van der Waals surface area contributed by atoms with E-state index in [0.717, 1.165) is 5.56 Å². The van der Waals surface area contributed by atoms with Crippen molar-refractivity contribution in [1.29, 1.82) is 0 Å². The van der Waals surface area contributed by atoms with Gasteiger partial charge in [-0.1, -0.05) is 6.92 Å². The predicted molar refractivity (Wildman–Crippen MR) is 111 cm³/mol. The lowest BCUT2D eigenvalue weighted by molar-refractivity contribution is -0.142. The van der Waals surface area contributed by atoms with E-state index in [2.05, 4.69) is 25.3 Å². The number of carbonyl (C=O) groups is 1. The van der Waals surface area contributed by atoms with E-state index < -0.39 is 18.4 Å². The van der Waals surface area contributed by atoms with Crippen LogP contribution >= 0.6 is 0 Å². The molecule has 0 spiro atoms. The summed E-state index contributed by atoms with van der Waals surface area (Å²) in [7, 11) is 0. The summed E-state index contributed by atoms with van der Waals surface area (Å²) < 4.78 is 27.5. The van der Waals surface area contributed by atoms with Gasteiger partial charge in [-0.2, -0.15) is 0 Å². The van der Waals surface area contributed by atoms with Gasteiger partial charge in [0.2, 0.25) is 12.3 Å². The summed E-state index contributed by atoms with van der Waals surface area (Å²) in [6.07, 6.45) is 2.91. The van der Waals surface area contributed by atoms with Crippen LogP contribution in [0.1, 0.15) is 26.1 Å². The number of amides is 1. The second-order valence-electron chi connectivity index (χ2n) is 7.54. The van der Waals surface area contributed by atoms with Crippen LogP contribution in [-0.2, 0) is 11.3 Å². The molecule has 1 aliphatic rings. The van der Waals surface area contributed by atoms with Crippen molar-refractivity contribution >= 4 is 22.9 Å². The van der Waals surface area contributed by atoms with Gasteiger partial charge in [-0.3, -0.25) is 4.79 Å². The van der Waals surface area contributed by atoms with Crippen molar-refractivity contribution < 1.29 is 13.6 Å². The van der Waals surface area contributed by atoms with E-state index in [1.807, 2.05) is 25.3 Å². The van der Waals surface area contributed by atoms with E-state index in [9.17, 15) is 13.6 Å². The second kappa shape index (κ2) is 8.48. The first-order valence-electron chi connectivity index (χ1n) is 10.3. The summed E-state index contributed by atoms with van der Waals surface area (Å²) in [5.74, 6) is 0.787. The molecule has 0 unspecified atom stereocenters. The Hall–Kier alpha value is -3.24. The van der Waals surface area contributed by atoms with Crippen LogP contribution in [0.25, 0.3) is 22.6 Å². The van der Waals surface area contributed by atoms with Crippen molar-refractivity contribution in [3.05, 3.63) is 24.5 Å². The molecular weight excluding hydrogens is 406 g/mol. The molecule has 0 aromatic carbocycles. The number of imidazole rings is 1. The maximum Gasteiger partial charge on any atom is 0.245 e. The summed E-state index contributed by atoms with van der Waals surface area (Å²) in [6, 6.07) is -0.588. The van der Waals surface area contributed by atoms with Gasteiger partial charge in [-0.25, -0.2) is 33.7 Å². The van der Waals surface area contributed by atoms with Crippen molar-refractivity contribution in [3.63, 3.8) is 0 Å². The fourth-order valence-corrected chi connectivity index (χ4v) is 3.65. The van der Waals surface area contributed by atoms with Crippen LogP contribution in [0.4, 0.5) is 14.6 Å². The number of rotatable bonds is 7. The monoisotopic (exact) mass is 430 g/mol. The van der Waals surface area contributed by atoms with Crippen LogP contribution in [0, 0.1) is 12.8 Å². The lowest BCUT2D eigenvalue weighted by Crippen LogP contribution is -2.56. The quantitative estimate of drug-likeness (QED) is 0.615. The second-order valence-corrected chi connectivity index (χ2v) is 7.54. The third-order valence-corrected chi connectivity index (χ3v) is 5.48. The summed E-state index contributed by atoms with van der Waals surface area (Å²) >= 11 is 0. The molecule has 4 rings (SSSR count). The first kappa shape index (κ1) is 21.0. The number of halogens is 2. The van der Waals surface area contributed by atoms with E-state index in [0.29, 0.717) is 41.6 Å². The number of hydrogen-bond acceptors (Lipinski definition) is 7. The molecule has 164 valence electrons. The molecule has 0 saturated carbocycles. The Labute approximate surface area is 177 Å². The Bertz CT molecular complexity index is 1080. The molecule has 9 nitrogen and oxygen atoms in total. The van der Waals surface area contributed by atoms with Crippen LogP contribution in [0.5, 0.6) is 0 Å². The molecule has 3 aromatic heterocycles. The SMILES string of the molecule is CC[C@H](Nc1ncnc2c1nc(-c1cnc(C)nc1)n2CC)C(=O)N1CC(C(F)F)C1. The first-order valence-corrected chi connectivity index (χ1v) is 10.3. The van der Waals surface area contributed by atoms with Crippen LogP contribution in [0.3, 0.4) is 0 Å². The summed E-state index contributed by atoms with van der Waals surface area (Å²) in [5.41, 5.74) is 1.90. The number of hydrogen-bond donors (Lipinski definition) is 1. The Kier molecular flexibility index (Phi) is 5.75. The van der Waals surface area contributed by atoms with Crippen LogP contribution in [0.15, 0.2) is 18.7 Å². The summed E-state index contributed by atoms with van der Waals surface area (Å²) in [4.78, 5) is 36.1. The van der Waals surface area contributed by atoms with Gasteiger partial charge < -0.3 is 14.8 Å². The number of likely N-dealkylation sites (tertiary alicyclic amines) is 1. The molecule has 1 saturated heterocycles. The lowest BCUT2D eigenvalue weighted by Gasteiger charge is -2.40. The van der Waals surface area contributed by atoms with Gasteiger partial charge in [0.25, 0.3) is 0 Å². The Morgan fingerprint density at radius 2 is 1.90 bits per heavy atom. The van der Waals surface area contributed by atoms with Crippen LogP contribution in [-0.4, -0.2) is 65.9 Å². The van der Waals surface area contributed by atoms with Gasteiger partial charge in [-0.05, 0) is 20.3 Å². The number of aromatic nitrogens is 6. The molecule has 1 aliphatic heterocycles. The topological polar surface area (TPSA) is 102 Å². The third kappa shape index (κ3) is 3.91. The maximum absolute atomic E-state index is 12.8. The molecule has 3 aromatic rings. The minimum absolute atomic E-state index is 0.0793. The number of fused-ring (bicyclic) bond motifs is 1. The zero-order chi connectivity index (χ0) is 22.1. The standard InChI is InChI=1S/C20H24F2N8O/c1-4-14(20(31)29-8-13(9-29)16(21)22)27-17-15-19(26-10-25-17)30(5-2)18(28-15)12-6-23-11(3)24-7-12/h6-7,10,13-14,16H,4-5,8-9H2,1-3H3,(H,25,26,27)/t14-/m0/s1. The van der Waals surface area contributed by atoms with Gasteiger partial charge >= 0.3 is 0 Å². The van der Waals surface area contributed by atoms with Crippen molar-refractivity contribution in [2.75, 3.05) is 18.4 Å². The number of anilines is 1. The average Bonchev–Trinajstić information content (AvgIpc) is 3.10. The van der Waals surface area contributed by atoms with Crippen LogP contribution in [0.2, 0.25) is 0 Å². The van der Waals surface area contributed by atoms with Crippen LogP contribution < -0.4 is 5.32 Å². The zero-order valence-corrected chi connectivity index (χ0v) is 17.6. The zero-order valence-electron chi connectivity index (χ0n) is 17.6.